The van der Waals surface area contributed by atoms with Crippen LogP contribution in [0.1, 0.15) is 0 Å². The summed E-state index contributed by atoms with van der Waals surface area (Å²) < 4.78 is 6.16. The molecule has 0 N–H and O–H groups in total. The molecule has 0 bridgehead atoms. The third kappa shape index (κ3) is 5.05. The predicted octanol–water partition coefficient (Wildman–Crippen LogP) is 9.39. The van der Waals surface area contributed by atoms with Crippen molar-refractivity contribution >= 4 is 33.6 Å². The van der Waals surface area contributed by atoms with Crippen LogP contribution >= 0.6 is 27.9 Å². The average molecular weight is 507 g/mol. The molecule has 0 fully saturated rings. The van der Waals surface area contributed by atoms with Crippen LogP contribution in [0.25, 0.3) is 33.4 Å². The molecule has 159 valence electrons. The quantitative estimate of drug-likeness (QED) is 0.209. The molecule has 5 aromatic rings. The molecule has 3 heteroatoms. The third-order valence-electron chi connectivity index (χ3n) is 5.44. The van der Waals surface area contributed by atoms with Gasteiger partial charge in [0.2, 0.25) is 0 Å². The largest absolute Gasteiger partial charge is 0.210 e. The van der Waals surface area contributed by atoms with Crippen molar-refractivity contribution in [3.05, 3.63) is 132 Å². The summed E-state index contributed by atoms with van der Waals surface area (Å²) in [5.74, 6) is 0. The van der Waals surface area contributed by atoms with Crippen molar-refractivity contribution in [1.82, 2.24) is 4.72 Å². The molecule has 0 amide bonds. The smallest absolute Gasteiger partial charge is 0.0874 e. The Hall–Kier alpha value is -3.27. The zero-order valence-electron chi connectivity index (χ0n) is 17.9. The first-order chi connectivity index (χ1) is 16.3. The number of hydrogen-bond donors (Lipinski definition) is 0. The first-order valence-corrected chi connectivity index (χ1v) is 12.3. The maximum Gasteiger partial charge on any atom is 0.0874 e. The number of halogens is 1. The van der Waals surface area contributed by atoms with E-state index in [2.05, 4.69) is 131 Å². The fraction of sp³-hybridized carbons (Fsp3) is 0. The first kappa shape index (κ1) is 21.6. The van der Waals surface area contributed by atoms with E-state index in [4.69, 9.17) is 4.72 Å². The van der Waals surface area contributed by atoms with Crippen LogP contribution in [-0.2, 0) is 0 Å². The molecule has 5 aromatic carbocycles. The summed E-state index contributed by atoms with van der Waals surface area (Å²) in [6.07, 6.45) is 0. The summed E-state index contributed by atoms with van der Waals surface area (Å²) in [4.78, 5) is 1.10. The minimum absolute atomic E-state index is 0.986. The molecule has 1 nitrogen and oxygen atoms in total. The Morgan fingerprint density at radius 2 is 0.939 bits per heavy atom. The molecular weight excluding hydrogens is 486 g/mol. The van der Waals surface area contributed by atoms with E-state index in [1.54, 1.807) is 0 Å². The van der Waals surface area contributed by atoms with Crippen LogP contribution in [0.5, 0.6) is 0 Å². The summed E-state index contributed by atoms with van der Waals surface area (Å²) in [7, 11) is 0. The third-order valence-corrected chi connectivity index (χ3v) is 6.73. The molecule has 0 atom stereocenters. The van der Waals surface area contributed by atoms with Crippen molar-refractivity contribution in [3.63, 3.8) is 0 Å². The van der Waals surface area contributed by atoms with Crippen LogP contribution in [0.15, 0.2) is 137 Å². The van der Waals surface area contributed by atoms with E-state index in [1.807, 2.05) is 12.1 Å². The van der Waals surface area contributed by atoms with Gasteiger partial charge in [0.25, 0.3) is 0 Å². The zero-order chi connectivity index (χ0) is 22.5. The number of benzene rings is 5. The van der Waals surface area contributed by atoms with Crippen LogP contribution in [0.4, 0.5) is 5.69 Å². The zero-order valence-corrected chi connectivity index (χ0v) is 20.3. The Morgan fingerprint density at radius 1 is 0.485 bits per heavy atom. The highest BCUT2D eigenvalue weighted by Crippen LogP contribution is 2.43. The lowest BCUT2D eigenvalue weighted by Gasteiger charge is -2.18. The lowest BCUT2D eigenvalue weighted by atomic mass is 9.91. The Bertz CT molecular complexity index is 1270. The van der Waals surface area contributed by atoms with Crippen LogP contribution in [0.3, 0.4) is 0 Å². The predicted molar refractivity (Wildman–Crippen MR) is 145 cm³/mol. The molecule has 5 rings (SSSR count). The van der Waals surface area contributed by atoms with Gasteiger partial charge in [-0.2, -0.15) is 0 Å². The summed E-state index contributed by atoms with van der Waals surface area (Å²) in [6.45, 7) is 0. The highest BCUT2D eigenvalue weighted by atomic mass is 79.9. The van der Waals surface area contributed by atoms with Gasteiger partial charge in [0, 0.05) is 32.4 Å². The molecular formula is C30H21BrNS. The fourth-order valence-electron chi connectivity index (χ4n) is 3.80. The van der Waals surface area contributed by atoms with E-state index in [1.165, 1.54) is 23.1 Å². The van der Waals surface area contributed by atoms with Gasteiger partial charge >= 0.3 is 0 Å². The fourth-order valence-corrected chi connectivity index (χ4v) is 4.71. The maximum atomic E-state index is 5.09. The molecule has 0 saturated heterocycles. The Kier molecular flexibility index (Phi) is 6.61. The number of rotatable bonds is 6. The molecule has 0 aliphatic heterocycles. The highest BCUT2D eigenvalue weighted by molar-refractivity contribution is 9.10. The SMILES string of the molecule is Brc1ccc(S[N]c2c(-c3ccccc3)cc(-c3ccccc3)cc2-c2ccccc2)cc1. The van der Waals surface area contributed by atoms with Crippen molar-refractivity contribution in [2.45, 2.75) is 4.90 Å². The van der Waals surface area contributed by atoms with Crippen LogP contribution in [-0.4, -0.2) is 0 Å². The summed E-state index contributed by atoms with van der Waals surface area (Å²) in [5.41, 5.74) is 7.92. The van der Waals surface area contributed by atoms with Gasteiger partial charge in [-0.1, -0.05) is 107 Å². The molecule has 0 aliphatic rings. The summed E-state index contributed by atoms with van der Waals surface area (Å²) in [6, 6.07) is 44.4. The van der Waals surface area contributed by atoms with Crippen molar-refractivity contribution in [2.75, 3.05) is 0 Å². The number of hydrogen-bond acceptors (Lipinski definition) is 1. The Balaban J connectivity index is 1.69. The normalized spacial score (nSPS) is 10.7. The molecule has 0 aromatic heterocycles. The van der Waals surface area contributed by atoms with E-state index in [0.717, 1.165) is 37.3 Å². The molecule has 0 aliphatic carbocycles. The molecule has 1 radical (unpaired) electrons. The van der Waals surface area contributed by atoms with Gasteiger partial charge in [0.1, 0.15) is 0 Å². The minimum Gasteiger partial charge on any atom is -0.210 e. The van der Waals surface area contributed by atoms with E-state index in [9.17, 15) is 0 Å². The standard InChI is InChI=1S/C30H21BrNS/c31-26-16-18-27(19-17-26)33-32-30-28(23-12-6-2-7-13-23)20-25(22-10-4-1-5-11-22)21-29(30)24-14-8-3-9-15-24/h1-21H. The summed E-state index contributed by atoms with van der Waals surface area (Å²) >= 11 is 5.02. The topological polar surface area (TPSA) is 14.1 Å². The lowest BCUT2D eigenvalue weighted by Crippen LogP contribution is -1.95. The molecule has 0 saturated carbocycles. The van der Waals surface area contributed by atoms with Gasteiger partial charge < -0.3 is 0 Å². The first-order valence-electron chi connectivity index (χ1n) is 10.8. The highest BCUT2D eigenvalue weighted by Gasteiger charge is 2.17. The second kappa shape index (κ2) is 10.1. The average Bonchev–Trinajstić information content (AvgIpc) is 2.89. The van der Waals surface area contributed by atoms with Gasteiger partial charge in [-0.3, -0.25) is 0 Å². The second-order valence-corrected chi connectivity index (χ2v) is 9.41. The van der Waals surface area contributed by atoms with E-state index >= 15 is 0 Å². The van der Waals surface area contributed by atoms with Gasteiger partial charge in [-0.05, 0) is 58.7 Å². The van der Waals surface area contributed by atoms with Crippen LogP contribution < -0.4 is 4.72 Å². The molecule has 0 unspecified atom stereocenters. The van der Waals surface area contributed by atoms with E-state index in [0.29, 0.717) is 0 Å². The van der Waals surface area contributed by atoms with Gasteiger partial charge in [0.15, 0.2) is 0 Å². The van der Waals surface area contributed by atoms with E-state index < -0.39 is 0 Å². The van der Waals surface area contributed by atoms with Crippen LogP contribution in [0, 0.1) is 0 Å². The monoisotopic (exact) mass is 506 g/mol. The minimum atomic E-state index is 0.986. The van der Waals surface area contributed by atoms with E-state index in [-0.39, 0.29) is 0 Å². The molecule has 0 heterocycles. The van der Waals surface area contributed by atoms with Crippen LogP contribution in [0.2, 0.25) is 0 Å². The lowest BCUT2D eigenvalue weighted by molar-refractivity contribution is 1.34. The summed E-state index contributed by atoms with van der Waals surface area (Å²) in [5, 5.41) is 0. The Morgan fingerprint density at radius 3 is 1.42 bits per heavy atom. The van der Waals surface area contributed by atoms with Gasteiger partial charge in [0.05, 0.1) is 5.69 Å². The molecule has 0 spiro atoms. The van der Waals surface area contributed by atoms with Crippen molar-refractivity contribution in [3.8, 4) is 33.4 Å². The number of nitrogens with zero attached hydrogens (tertiary/aromatic N) is 1. The second-order valence-electron chi connectivity index (χ2n) is 7.65. The van der Waals surface area contributed by atoms with Crippen molar-refractivity contribution in [2.24, 2.45) is 0 Å². The molecule has 33 heavy (non-hydrogen) atoms. The maximum absolute atomic E-state index is 5.09. The van der Waals surface area contributed by atoms with Gasteiger partial charge in [-0.25, -0.2) is 4.72 Å². The van der Waals surface area contributed by atoms with Gasteiger partial charge in [-0.15, -0.1) is 0 Å². The Labute approximate surface area is 207 Å². The van der Waals surface area contributed by atoms with Crippen molar-refractivity contribution in [1.29, 1.82) is 0 Å². The van der Waals surface area contributed by atoms with Crippen molar-refractivity contribution < 1.29 is 0 Å².